The van der Waals surface area contributed by atoms with Crippen LogP contribution in [-0.4, -0.2) is 36.6 Å². The lowest BCUT2D eigenvalue weighted by atomic mass is 9.98. The lowest BCUT2D eigenvalue weighted by Crippen LogP contribution is -2.32. The summed E-state index contributed by atoms with van der Waals surface area (Å²) in [6.07, 6.45) is 9.35. The summed E-state index contributed by atoms with van der Waals surface area (Å²) in [4.78, 5) is 6.53. The number of terminal acetylenes is 1. The van der Waals surface area contributed by atoms with Gasteiger partial charge in [0, 0.05) is 17.8 Å². The normalized spacial score (nSPS) is 17.6. The van der Waals surface area contributed by atoms with Gasteiger partial charge in [-0.2, -0.15) is 0 Å². The zero-order valence-corrected chi connectivity index (χ0v) is 10.2. The molecule has 0 spiro atoms. The number of nitrogens with zero attached hydrogens (tertiary/aromatic N) is 2. The van der Waals surface area contributed by atoms with Crippen LogP contribution < -0.4 is 4.74 Å². The Bertz CT molecular complexity index is 386. The van der Waals surface area contributed by atoms with E-state index in [1.165, 1.54) is 12.8 Å². The smallest absolute Gasteiger partial charge is 0.213 e. The van der Waals surface area contributed by atoms with Crippen LogP contribution in [0.15, 0.2) is 18.3 Å². The van der Waals surface area contributed by atoms with E-state index in [0.717, 1.165) is 25.3 Å². The van der Waals surface area contributed by atoms with E-state index in [1.54, 1.807) is 6.20 Å². The first-order valence-electron chi connectivity index (χ1n) is 6.02. The first-order valence-corrected chi connectivity index (χ1v) is 6.02. The van der Waals surface area contributed by atoms with Gasteiger partial charge in [-0.25, -0.2) is 4.98 Å². The SMILES string of the molecule is C#Cc1ccc(OCC2CCN(C)CC2)nc1. The van der Waals surface area contributed by atoms with E-state index < -0.39 is 0 Å². The minimum Gasteiger partial charge on any atom is -0.477 e. The van der Waals surface area contributed by atoms with Crippen molar-refractivity contribution >= 4 is 0 Å². The highest BCUT2D eigenvalue weighted by molar-refractivity contribution is 5.31. The van der Waals surface area contributed by atoms with Crippen LogP contribution in [-0.2, 0) is 0 Å². The molecule has 0 N–H and O–H groups in total. The molecule has 3 heteroatoms. The third kappa shape index (κ3) is 3.47. The van der Waals surface area contributed by atoms with Gasteiger partial charge in [0.1, 0.15) is 0 Å². The highest BCUT2D eigenvalue weighted by atomic mass is 16.5. The quantitative estimate of drug-likeness (QED) is 0.740. The molecular weight excluding hydrogens is 212 g/mol. The third-order valence-electron chi connectivity index (χ3n) is 3.21. The molecule has 3 nitrogen and oxygen atoms in total. The largest absolute Gasteiger partial charge is 0.477 e. The molecule has 1 saturated heterocycles. The van der Waals surface area contributed by atoms with Crippen LogP contribution in [0.5, 0.6) is 5.88 Å². The summed E-state index contributed by atoms with van der Waals surface area (Å²) in [7, 11) is 2.16. The Morgan fingerprint density at radius 1 is 1.47 bits per heavy atom. The molecule has 0 saturated carbocycles. The summed E-state index contributed by atoms with van der Waals surface area (Å²) in [5.74, 6) is 3.86. The number of piperidine rings is 1. The van der Waals surface area contributed by atoms with Gasteiger partial charge < -0.3 is 9.64 Å². The van der Waals surface area contributed by atoms with Crippen molar-refractivity contribution in [3.8, 4) is 18.2 Å². The van der Waals surface area contributed by atoms with Crippen molar-refractivity contribution in [3.05, 3.63) is 23.9 Å². The predicted octanol–water partition coefficient (Wildman–Crippen LogP) is 1.78. The van der Waals surface area contributed by atoms with E-state index >= 15 is 0 Å². The molecule has 0 bridgehead atoms. The molecule has 0 aromatic carbocycles. The van der Waals surface area contributed by atoms with Crippen molar-refractivity contribution in [1.82, 2.24) is 9.88 Å². The Morgan fingerprint density at radius 2 is 2.24 bits per heavy atom. The van der Waals surface area contributed by atoms with E-state index in [0.29, 0.717) is 11.8 Å². The molecule has 0 amide bonds. The molecule has 2 rings (SSSR count). The van der Waals surface area contributed by atoms with Crippen molar-refractivity contribution in [3.63, 3.8) is 0 Å². The summed E-state index contributed by atoms with van der Waals surface area (Å²) in [5.41, 5.74) is 0.789. The predicted molar refractivity (Wildman–Crippen MR) is 67.9 cm³/mol. The summed E-state index contributed by atoms with van der Waals surface area (Å²) < 4.78 is 5.68. The van der Waals surface area contributed by atoms with Crippen LogP contribution in [0.1, 0.15) is 18.4 Å². The number of hydrogen-bond acceptors (Lipinski definition) is 3. The van der Waals surface area contributed by atoms with Gasteiger partial charge in [0.05, 0.1) is 6.61 Å². The van der Waals surface area contributed by atoms with Crippen LogP contribution in [0.2, 0.25) is 0 Å². The van der Waals surface area contributed by atoms with Gasteiger partial charge in [0.25, 0.3) is 0 Å². The van der Waals surface area contributed by atoms with Crippen molar-refractivity contribution < 1.29 is 4.74 Å². The average molecular weight is 230 g/mol. The molecule has 17 heavy (non-hydrogen) atoms. The van der Waals surface area contributed by atoms with E-state index in [-0.39, 0.29) is 0 Å². The van der Waals surface area contributed by atoms with Crippen molar-refractivity contribution in [2.75, 3.05) is 26.7 Å². The topological polar surface area (TPSA) is 25.4 Å². The minimum atomic E-state index is 0.653. The fourth-order valence-corrected chi connectivity index (χ4v) is 1.98. The molecule has 1 aromatic rings. The van der Waals surface area contributed by atoms with Crippen LogP contribution in [0.25, 0.3) is 0 Å². The Labute approximate surface area is 103 Å². The number of pyridine rings is 1. The zero-order chi connectivity index (χ0) is 12.1. The molecule has 90 valence electrons. The zero-order valence-electron chi connectivity index (χ0n) is 10.2. The third-order valence-corrected chi connectivity index (χ3v) is 3.21. The van der Waals surface area contributed by atoms with Crippen LogP contribution in [0, 0.1) is 18.3 Å². The molecule has 2 heterocycles. The van der Waals surface area contributed by atoms with Gasteiger partial charge in [0.2, 0.25) is 5.88 Å². The van der Waals surface area contributed by atoms with Gasteiger partial charge >= 0.3 is 0 Å². The van der Waals surface area contributed by atoms with Gasteiger partial charge in [-0.3, -0.25) is 0 Å². The van der Waals surface area contributed by atoms with Crippen molar-refractivity contribution in [2.24, 2.45) is 5.92 Å². The second kappa shape index (κ2) is 5.70. The fraction of sp³-hybridized carbons (Fsp3) is 0.500. The molecular formula is C14H18N2O. The molecule has 1 fully saturated rings. The van der Waals surface area contributed by atoms with Gasteiger partial charge in [-0.1, -0.05) is 5.92 Å². The van der Waals surface area contributed by atoms with Gasteiger partial charge in [-0.05, 0) is 45.0 Å². The monoisotopic (exact) mass is 230 g/mol. The Balaban J connectivity index is 1.79. The Kier molecular flexibility index (Phi) is 4.00. The summed E-state index contributed by atoms with van der Waals surface area (Å²) >= 11 is 0. The highest BCUT2D eigenvalue weighted by Crippen LogP contribution is 2.17. The molecule has 0 unspecified atom stereocenters. The summed E-state index contributed by atoms with van der Waals surface area (Å²) in [6.45, 7) is 3.09. The van der Waals surface area contributed by atoms with Crippen molar-refractivity contribution in [2.45, 2.75) is 12.8 Å². The maximum absolute atomic E-state index is 5.68. The second-order valence-corrected chi connectivity index (χ2v) is 4.59. The first kappa shape index (κ1) is 11.9. The minimum absolute atomic E-state index is 0.653. The average Bonchev–Trinajstić information content (AvgIpc) is 2.39. The fourth-order valence-electron chi connectivity index (χ4n) is 1.98. The summed E-state index contributed by atoms with van der Waals surface area (Å²) in [6, 6.07) is 3.70. The highest BCUT2D eigenvalue weighted by Gasteiger charge is 2.17. The van der Waals surface area contributed by atoms with E-state index in [9.17, 15) is 0 Å². The molecule has 0 radical (unpaired) electrons. The molecule has 1 aromatic heterocycles. The lowest BCUT2D eigenvalue weighted by molar-refractivity contribution is 0.157. The molecule has 1 aliphatic heterocycles. The molecule has 0 atom stereocenters. The number of hydrogen-bond donors (Lipinski definition) is 0. The second-order valence-electron chi connectivity index (χ2n) is 4.59. The van der Waals surface area contributed by atoms with Crippen LogP contribution >= 0.6 is 0 Å². The first-order chi connectivity index (χ1) is 8.28. The van der Waals surface area contributed by atoms with E-state index in [2.05, 4.69) is 22.9 Å². The lowest BCUT2D eigenvalue weighted by Gasteiger charge is -2.28. The Morgan fingerprint density at radius 3 is 2.82 bits per heavy atom. The van der Waals surface area contributed by atoms with Crippen LogP contribution in [0.4, 0.5) is 0 Å². The van der Waals surface area contributed by atoms with Gasteiger partial charge in [0.15, 0.2) is 0 Å². The maximum atomic E-state index is 5.68. The number of ether oxygens (including phenoxy) is 1. The molecule has 1 aliphatic rings. The standard InChI is InChI=1S/C14H18N2O/c1-3-12-4-5-14(15-10-12)17-11-13-6-8-16(2)9-7-13/h1,4-5,10,13H,6-9,11H2,2H3. The molecule has 0 aliphatic carbocycles. The van der Waals surface area contributed by atoms with E-state index in [4.69, 9.17) is 11.2 Å². The van der Waals surface area contributed by atoms with Crippen LogP contribution in [0.3, 0.4) is 0 Å². The van der Waals surface area contributed by atoms with E-state index in [1.807, 2.05) is 12.1 Å². The number of aromatic nitrogens is 1. The number of likely N-dealkylation sites (tertiary alicyclic amines) is 1. The van der Waals surface area contributed by atoms with Crippen molar-refractivity contribution in [1.29, 1.82) is 0 Å². The number of rotatable bonds is 3. The maximum Gasteiger partial charge on any atom is 0.213 e. The summed E-state index contributed by atoms with van der Waals surface area (Å²) in [5, 5.41) is 0. The van der Waals surface area contributed by atoms with Gasteiger partial charge in [-0.15, -0.1) is 6.42 Å². The Hall–Kier alpha value is -1.53.